The van der Waals surface area contributed by atoms with Crippen LogP contribution in [0.4, 0.5) is 5.82 Å². The van der Waals surface area contributed by atoms with Gasteiger partial charge in [0.25, 0.3) is 5.95 Å². The Bertz CT molecular complexity index is 1170. The number of aromatic nitrogens is 4. The van der Waals surface area contributed by atoms with Gasteiger partial charge in [0.2, 0.25) is 5.91 Å². The molecule has 0 aliphatic carbocycles. The lowest BCUT2D eigenvalue weighted by Gasteiger charge is -2.20. The van der Waals surface area contributed by atoms with Crippen LogP contribution in [-0.2, 0) is 4.79 Å². The summed E-state index contributed by atoms with van der Waals surface area (Å²) in [6.07, 6.45) is 0. The van der Waals surface area contributed by atoms with Crippen molar-refractivity contribution in [2.24, 2.45) is 0 Å². The van der Waals surface area contributed by atoms with Crippen LogP contribution in [0, 0.1) is 20.8 Å². The number of anilines is 1. The largest absolute Gasteiger partial charge is 0.496 e. The molecule has 10 heteroatoms. The summed E-state index contributed by atoms with van der Waals surface area (Å²) >= 11 is 1.50. The standard InChI is InChI=1S/C22H25N5O4S/c1-11-7-12(2)24-22(23-11)27-21-19(13(3)26-27)20(32-10-18(28)25-21)14-8-16(30-5)17(31-6)9-15(14)29-4/h7-9,20H,10H2,1-6H3,(H,25,28). The molecule has 1 aliphatic heterocycles. The highest BCUT2D eigenvalue weighted by atomic mass is 32.2. The van der Waals surface area contributed by atoms with Crippen molar-refractivity contribution in [3.8, 4) is 23.2 Å². The Morgan fingerprint density at radius 1 is 0.969 bits per heavy atom. The Kier molecular flexibility index (Phi) is 5.96. The van der Waals surface area contributed by atoms with E-state index in [0.717, 1.165) is 28.2 Å². The number of aryl methyl sites for hydroxylation is 3. The first-order valence-corrected chi connectivity index (χ1v) is 11.0. The van der Waals surface area contributed by atoms with E-state index in [0.29, 0.717) is 29.0 Å². The number of amides is 1. The predicted octanol–water partition coefficient (Wildman–Crippen LogP) is 3.39. The summed E-state index contributed by atoms with van der Waals surface area (Å²) in [4.78, 5) is 21.7. The molecule has 0 saturated heterocycles. The molecule has 32 heavy (non-hydrogen) atoms. The van der Waals surface area contributed by atoms with Gasteiger partial charge in [-0.2, -0.15) is 9.78 Å². The number of fused-ring (bicyclic) bond motifs is 1. The van der Waals surface area contributed by atoms with Gasteiger partial charge >= 0.3 is 0 Å². The molecule has 1 unspecified atom stereocenters. The second kappa shape index (κ2) is 8.70. The number of nitrogens with zero attached hydrogens (tertiary/aromatic N) is 4. The van der Waals surface area contributed by atoms with Gasteiger partial charge in [0, 0.05) is 28.6 Å². The van der Waals surface area contributed by atoms with E-state index in [2.05, 4.69) is 15.3 Å². The van der Waals surface area contributed by atoms with Crippen molar-refractivity contribution < 1.29 is 19.0 Å². The molecule has 1 N–H and O–H groups in total. The second-order valence-electron chi connectivity index (χ2n) is 7.40. The molecule has 2 aromatic heterocycles. The zero-order valence-electron chi connectivity index (χ0n) is 18.8. The number of nitrogens with one attached hydrogen (secondary N) is 1. The fourth-order valence-corrected chi connectivity index (χ4v) is 5.04. The predicted molar refractivity (Wildman–Crippen MR) is 122 cm³/mol. The lowest BCUT2D eigenvalue weighted by molar-refractivity contribution is -0.113. The topological polar surface area (TPSA) is 100 Å². The van der Waals surface area contributed by atoms with Crippen molar-refractivity contribution >= 4 is 23.5 Å². The molecule has 1 amide bonds. The lowest BCUT2D eigenvalue weighted by atomic mass is 10.0. The van der Waals surface area contributed by atoms with Crippen LogP contribution >= 0.6 is 11.8 Å². The normalized spacial score (nSPS) is 15.6. The Morgan fingerprint density at radius 3 is 2.22 bits per heavy atom. The molecule has 3 heterocycles. The molecule has 0 radical (unpaired) electrons. The first kappa shape index (κ1) is 21.9. The summed E-state index contributed by atoms with van der Waals surface area (Å²) < 4.78 is 18.2. The van der Waals surface area contributed by atoms with E-state index < -0.39 is 0 Å². The fourth-order valence-electron chi connectivity index (χ4n) is 3.83. The van der Waals surface area contributed by atoms with Crippen LogP contribution < -0.4 is 19.5 Å². The van der Waals surface area contributed by atoms with Crippen molar-refractivity contribution in [3.63, 3.8) is 0 Å². The number of hydrogen-bond acceptors (Lipinski definition) is 8. The van der Waals surface area contributed by atoms with Crippen LogP contribution in [-0.4, -0.2) is 52.7 Å². The number of carbonyl (C=O) groups excluding carboxylic acids is 1. The third-order valence-corrected chi connectivity index (χ3v) is 6.44. The van der Waals surface area contributed by atoms with Crippen molar-refractivity contribution in [2.45, 2.75) is 26.0 Å². The molecule has 1 atom stereocenters. The smallest absolute Gasteiger partial charge is 0.252 e. The number of ether oxygens (including phenoxy) is 3. The molecule has 0 bridgehead atoms. The highest BCUT2D eigenvalue weighted by Gasteiger charge is 2.33. The first-order valence-electron chi connectivity index (χ1n) is 9.99. The van der Waals surface area contributed by atoms with Gasteiger partial charge in [0.15, 0.2) is 11.5 Å². The molecular weight excluding hydrogens is 430 g/mol. The maximum absolute atomic E-state index is 12.6. The lowest BCUT2D eigenvalue weighted by Crippen LogP contribution is -2.17. The molecule has 168 valence electrons. The fraction of sp³-hybridized carbons (Fsp3) is 0.364. The van der Waals surface area contributed by atoms with Crippen molar-refractivity contribution in [1.29, 1.82) is 0 Å². The summed E-state index contributed by atoms with van der Waals surface area (Å²) in [5.41, 5.74) is 4.13. The monoisotopic (exact) mass is 455 g/mol. The summed E-state index contributed by atoms with van der Waals surface area (Å²) in [5, 5.41) is 7.46. The maximum atomic E-state index is 12.6. The number of benzene rings is 1. The molecule has 1 aromatic carbocycles. The molecule has 3 aromatic rings. The number of methoxy groups -OCH3 is 3. The number of carbonyl (C=O) groups is 1. The van der Waals surface area contributed by atoms with Crippen LogP contribution in [0.15, 0.2) is 18.2 Å². The summed E-state index contributed by atoms with van der Waals surface area (Å²) in [5.74, 6) is 2.90. The van der Waals surface area contributed by atoms with Gasteiger partial charge < -0.3 is 19.5 Å². The highest BCUT2D eigenvalue weighted by molar-refractivity contribution is 8.00. The van der Waals surface area contributed by atoms with Gasteiger partial charge in [-0.15, -0.1) is 11.8 Å². The van der Waals surface area contributed by atoms with E-state index in [-0.39, 0.29) is 16.9 Å². The Hall–Kier alpha value is -3.27. The first-order chi connectivity index (χ1) is 15.4. The molecule has 4 rings (SSSR count). The van der Waals surface area contributed by atoms with Crippen LogP contribution in [0.2, 0.25) is 0 Å². The molecule has 0 saturated carbocycles. The average Bonchev–Trinajstić information content (AvgIpc) is 2.97. The van der Waals surface area contributed by atoms with Gasteiger partial charge in [-0.3, -0.25) is 4.79 Å². The van der Waals surface area contributed by atoms with Gasteiger partial charge in [-0.25, -0.2) is 9.97 Å². The van der Waals surface area contributed by atoms with Crippen molar-refractivity contribution in [2.75, 3.05) is 32.4 Å². The van der Waals surface area contributed by atoms with Crippen LogP contribution in [0.1, 0.15) is 33.5 Å². The van der Waals surface area contributed by atoms with Crippen molar-refractivity contribution in [3.05, 3.63) is 46.4 Å². The van der Waals surface area contributed by atoms with Crippen LogP contribution in [0.5, 0.6) is 17.2 Å². The van der Waals surface area contributed by atoms with E-state index in [4.69, 9.17) is 19.3 Å². The Morgan fingerprint density at radius 2 is 1.59 bits per heavy atom. The van der Waals surface area contributed by atoms with E-state index in [1.165, 1.54) is 11.8 Å². The third kappa shape index (κ3) is 3.86. The minimum absolute atomic E-state index is 0.122. The Balaban J connectivity index is 1.94. The van der Waals surface area contributed by atoms with Crippen LogP contribution in [0.25, 0.3) is 5.95 Å². The third-order valence-electron chi connectivity index (χ3n) is 5.19. The van der Waals surface area contributed by atoms with Gasteiger partial charge in [0.05, 0.1) is 38.0 Å². The quantitative estimate of drug-likeness (QED) is 0.625. The zero-order chi connectivity index (χ0) is 23.0. The zero-order valence-corrected chi connectivity index (χ0v) is 19.7. The second-order valence-corrected chi connectivity index (χ2v) is 8.49. The number of thioether (sulfide) groups is 1. The summed E-state index contributed by atoms with van der Waals surface area (Å²) in [6, 6.07) is 5.57. The molecular formula is C22H25N5O4S. The van der Waals surface area contributed by atoms with E-state index in [9.17, 15) is 4.79 Å². The average molecular weight is 456 g/mol. The van der Waals surface area contributed by atoms with E-state index >= 15 is 0 Å². The molecule has 1 aliphatic rings. The minimum atomic E-state index is -0.238. The van der Waals surface area contributed by atoms with Crippen molar-refractivity contribution in [1.82, 2.24) is 19.7 Å². The van der Waals surface area contributed by atoms with E-state index in [1.54, 1.807) is 32.1 Å². The summed E-state index contributed by atoms with van der Waals surface area (Å²) in [6.45, 7) is 5.72. The van der Waals surface area contributed by atoms with Gasteiger partial charge in [0.1, 0.15) is 11.6 Å². The van der Waals surface area contributed by atoms with Gasteiger partial charge in [-0.05, 0) is 32.9 Å². The maximum Gasteiger partial charge on any atom is 0.252 e. The number of rotatable bonds is 5. The molecule has 9 nitrogen and oxygen atoms in total. The minimum Gasteiger partial charge on any atom is -0.496 e. The molecule has 0 fully saturated rings. The molecule has 0 spiro atoms. The van der Waals surface area contributed by atoms with Gasteiger partial charge in [-0.1, -0.05) is 0 Å². The number of hydrogen-bond donors (Lipinski definition) is 1. The Labute approximate surface area is 190 Å². The van der Waals surface area contributed by atoms with Crippen LogP contribution in [0.3, 0.4) is 0 Å². The summed E-state index contributed by atoms with van der Waals surface area (Å²) in [7, 11) is 4.78. The SMILES string of the molecule is COc1cc(OC)c(C2SCC(=O)Nc3c2c(C)nn3-c2nc(C)cc(C)n2)cc1OC. The highest BCUT2D eigenvalue weighted by Crippen LogP contribution is 2.49. The van der Waals surface area contributed by atoms with E-state index in [1.807, 2.05) is 32.9 Å².